The van der Waals surface area contributed by atoms with E-state index in [4.69, 9.17) is 4.42 Å². The van der Waals surface area contributed by atoms with Crippen molar-refractivity contribution in [2.24, 2.45) is 0 Å². The van der Waals surface area contributed by atoms with Gasteiger partial charge in [0.05, 0.1) is 6.26 Å². The topological polar surface area (TPSA) is 89.1 Å². The molecular formula is C19H18N2O4. The van der Waals surface area contributed by atoms with E-state index in [2.05, 4.69) is 4.98 Å². The number of H-pyrrole nitrogens is 1. The van der Waals surface area contributed by atoms with Gasteiger partial charge in [-0.25, -0.2) is 0 Å². The lowest BCUT2D eigenvalue weighted by atomic mass is 10.0. The number of nitrogens with one attached hydrogen (secondary N) is 1. The number of aromatic amines is 1. The van der Waals surface area contributed by atoms with Crippen LogP contribution < -0.4 is 0 Å². The van der Waals surface area contributed by atoms with Gasteiger partial charge in [-0.05, 0) is 30.7 Å². The molecule has 6 nitrogen and oxygen atoms in total. The normalized spacial score (nSPS) is 12.0. The molecule has 2 heterocycles. The number of nitrogens with zero attached hydrogens (tertiary/aromatic N) is 1. The van der Waals surface area contributed by atoms with Gasteiger partial charge in [0.1, 0.15) is 11.7 Å². The number of carbonyl (C=O) groups excluding carboxylic acids is 1. The van der Waals surface area contributed by atoms with Crippen LogP contribution in [0.15, 0.2) is 65.3 Å². The molecule has 6 heteroatoms. The number of aromatic nitrogens is 1. The lowest BCUT2D eigenvalue weighted by molar-refractivity contribution is -0.482. The van der Waals surface area contributed by atoms with Crippen LogP contribution in [0.5, 0.6) is 0 Å². The third kappa shape index (κ3) is 4.23. The highest BCUT2D eigenvalue weighted by Crippen LogP contribution is 2.25. The number of aryl methyl sites for hydroxylation is 1. The van der Waals surface area contributed by atoms with E-state index in [9.17, 15) is 14.9 Å². The zero-order valence-electron chi connectivity index (χ0n) is 13.6. The van der Waals surface area contributed by atoms with Crippen molar-refractivity contribution in [2.45, 2.75) is 18.8 Å². The Kier molecular flexibility index (Phi) is 5.09. The summed E-state index contributed by atoms with van der Waals surface area (Å²) in [6, 6.07) is 16.3. The molecule has 3 rings (SSSR count). The van der Waals surface area contributed by atoms with Crippen LogP contribution in [0.3, 0.4) is 0 Å². The van der Waals surface area contributed by atoms with Crippen molar-refractivity contribution < 1.29 is 14.1 Å². The first-order chi connectivity index (χ1) is 12.1. The predicted molar refractivity (Wildman–Crippen MR) is 92.3 cm³/mol. The van der Waals surface area contributed by atoms with Gasteiger partial charge >= 0.3 is 0 Å². The lowest BCUT2D eigenvalue weighted by Gasteiger charge is -2.08. The lowest BCUT2D eigenvalue weighted by Crippen LogP contribution is -2.13. The van der Waals surface area contributed by atoms with Gasteiger partial charge < -0.3 is 9.40 Å². The van der Waals surface area contributed by atoms with Gasteiger partial charge in [0, 0.05) is 28.3 Å². The maximum Gasteiger partial charge on any atom is 0.219 e. The van der Waals surface area contributed by atoms with Gasteiger partial charge in [-0.3, -0.25) is 14.9 Å². The van der Waals surface area contributed by atoms with Gasteiger partial charge in [0.25, 0.3) is 0 Å². The Morgan fingerprint density at radius 2 is 1.92 bits per heavy atom. The number of ketones is 1. The molecule has 25 heavy (non-hydrogen) atoms. The number of benzene rings is 1. The number of carbonyl (C=O) groups is 1. The minimum Gasteiger partial charge on any atom is -0.468 e. The van der Waals surface area contributed by atoms with Gasteiger partial charge in [-0.1, -0.05) is 30.3 Å². The molecule has 0 saturated carbocycles. The molecule has 1 aromatic carbocycles. The van der Waals surface area contributed by atoms with E-state index in [1.54, 1.807) is 24.3 Å². The Balaban J connectivity index is 1.68. The molecule has 1 atom stereocenters. The summed E-state index contributed by atoms with van der Waals surface area (Å²) in [6.07, 6.45) is 2.44. The molecule has 0 unspecified atom stereocenters. The van der Waals surface area contributed by atoms with E-state index in [0.717, 1.165) is 5.69 Å². The third-order valence-electron chi connectivity index (χ3n) is 4.08. The van der Waals surface area contributed by atoms with Crippen molar-refractivity contribution in [1.29, 1.82) is 0 Å². The van der Waals surface area contributed by atoms with E-state index in [1.165, 1.54) is 6.26 Å². The zero-order valence-corrected chi connectivity index (χ0v) is 13.6. The van der Waals surface area contributed by atoms with Crippen LogP contribution in [-0.4, -0.2) is 22.2 Å². The number of nitro groups is 1. The summed E-state index contributed by atoms with van der Waals surface area (Å²) in [6.45, 7) is -0.254. The Labute approximate surface area is 144 Å². The predicted octanol–water partition coefficient (Wildman–Crippen LogP) is 3.83. The van der Waals surface area contributed by atoms with Gasteiger partial charge in [-0.15, -0.1) is 0 Å². The van der Waals surface area contributed by atoms with Crippen LogP contribution in [0.25, 0.3) is 0 Å². The second-order valence-electron chi connectivity index (χ2n) is 5.81. The van der Waals surface area contributed by atoms with Crippen LogP contribution in [-0.2, 0) is 6.42 Å². The molecule has 0 fully saturated rings. The van der Waals surface area contributed by atoms with Gasteiger partial charge in [-0.2, -0.15) is 0 Å². The molecule has 0 amide bonds. The molecule has 128 valence electrons. The Morgan fingerprint density at radius 1 is 1.12 bits per heavy atom. The van der Waals surface area contributed by atoms with Crippen LogP contribution in [0.2, 0.25) is 0 Å². The standard InChI is InChI=1S/C19H18N2O4/c22-18(14-5-2-1-3-6-14)11-9-15-8-10-17(20-15)16(13-21(23)24)19-7-4-12-25-19/h1-8,10,12,16,20H,9,11,13H2/t16-/m1/s1. The maximum absolute atomic E-state index is 12.2. The second kappa shape index (κ2) is 7.61. The minimum atomic E-state index is -0.469. The highest BCUT2D eigenvalue weighted by Gasteiger charge is 2.24. The summed E-state index contributed by atoms with van der Waals surface area (Å²) in [5.74, 6) is 0.152. The molecule has 0 bridgehead atoms. The molecule has 0 aliphatic carbocycles. The van der Waals surface area contributed by atoms with E-state index in [0.29, 0.717) is 29.9 Å². The fourth-order valence-electron chi connectivity index (χ4n) is 2.80. The number of Topliss-reactive ketones (excluding diaryl/α,β-unsaturated/α-hetero) is 1. The minimum absolute atomic E-state index is 0.0737. The summed E-state index contributed by atoms with van der Waals surface area (Å²) in [5, 5.41) is 11.0. The summed E-state index contributed by atoms with van der Waals surface area (Å²) in [5.41, 5.74) is 2.28. The smallest absolute Gasteiger partial charge is 0.219 e. The average Bonchev–Trinajstić information content (AvgIpc) is 3.30. The summed E-state index contributed by atoms with van der Waals surface area (Å²) in [7, 11) is 0. The largest absolute Gasteiger partial charge is 0.468 e. The summed E-state index contributed by atoms with van der Waals surface area (Å²) < 4.78 is 5.34. The molecule has 0 saturated heterocycles. The zero-order chi connectivity index (χ0) is 17.6. The molecule has 0 radical (unpaired) electrons. The first-order valence-electron chi connectivity index (χ1n) is 8.04. The van der Waals surface area contributed by atoms with E-state index >= 15 is 0 Å². The highest BCUT2D eigenvalue weighted by atomic mass is 16.6. The Hall–Kier alpha value is -3.15. The van der Waals surface area contributed by atoms with E-state index < -0.39 is 5.92 Å². The van der Waals surface area contributed by atoms with Crippen LogP contribution in [0.1, 0.15) is 39.8 Å². The number of rotatable bonds is 8. The summed E-state index contributed by atoms with van der Waals surface area (Å²) >= 11 is 0. The van der Waals surface area contributed by atoms with Crippen LogP contribution >= 0.6 is 0 Å². The molecule has 1 N–H and O–H groups in total. The van der Waals surface area contributed by atoms with Crippen molar-refractivity contribution in [1.82, 2.24) is 4.98 Å². The Morgan fingerprint density at radius 3 is 2.60 bits per heavy atom. The maximum atomic E-state index is 12.2. The van der Waals surface area contributed by atoms with E-state index in [-0.39, 0.29) is 17.3 Å². The van der Waals surface area contributed by atoms with E-state index in [1.807, 2.05) is 30.3 Å². The fraction of sp³-hybridized carbons (Fsp3) is 0.211. The molecule has 0 spiro atoms. The number of furan rings is 1. The molecule has 0 aliphatic heterocycles. The Bertz CT molecular complexity index is 837. The second-order valence-corrected chi connectivity index (χ2v) is 5.81. The third-order valence-corrected chi connectivity index (χ3v) is 4.08. The first-order valence-corrected chi connectivity index (χ1v) is 8.04. The molecule has 3 aromatic rings. The monoisotopic (exact) mass is 338 g/mol. The number of hydrogen-bond acceptors (Lipinski definition) is 4. The van der Waals surface area contributed by atoms with Crippen molar-refractivity contribution in [3.63, 3.8) is 0 Å². The van der Waals surface area contributed by atoms with Gasteiger partial charge in [0.15, 0.2) is 5.78 Å². The fourth-order valence-corrected chi connectivity index (χ4v) is 2.80. The first kappa shape index (κ1) is 16.7. The van der Waals surface area contributed by atoms with Crippen molar-refractivity contribution in [2.75, 3.05) is 6.54 Å². The molecule has 2 aromatic heterocycles. The van der Waals surface area contributed by atoms with Crippen LogP contribution in [0, 0.1) is 10.1 Å². The number of hydrogen-bond donors (Lipinski definition) is 1. The highest BCUT2D eigenvalue weighted by molar-refractivity contribution is 5.96. The van der Waals surface area contributed by atoms with Crippen molar-refractivity contribution >= 4 is 5.78 Å². The van der Waals surface area contributed by atoms with Crippen molar-refractivity contribution in [3.8, 4) is 0 Å². The van der Waals surface area contributed by atoms with Gasteiger partial charge in [0.2, 0.25) is 6.54 Å². The SMILES string of the molecule is O=C(CCc1ccc([C@@H](C[N+](=O)[O-])c2ccco2)[nH]1)c1ccccc1. The average molecular weight is 338 g/mol. The van der Waals surface area contributed by atoms with Crippen LogP contribution in [0.4, 0.5) is 0 Å². The van der Waals surface area contributed by atoms with Crippen molar-refractivity contribution in [3.05, 3.63) is 93.7 Å². The molecular weight excluding hydrogens is 320 g/mol. The summed E-state index contributed by atoms with van der Waals surface area (Å²) in [4.78, 5) is 26.0. The quantitative estimate of drug-likeness (QED) is 0.384. The molecule has 0 aliphatic rings.